The average molecular weight is 270 g/mol. The highest BCUT2D eigenvalue weighted by molar-refractivity contribution is 9.10. The lowest BCUT2D eigenvalue weighted by molar-refractivity contribution is 0.589. The first-order valence-corrected chi connectivity index (χ1v) is 5.60. The lowest BCUT2D eigenvalue weighted by Gasteiger charge is -2.05. The third-order valence-corrected chi connectivity index (χ3v) is 2.20. The Labute approximate surface area is 85.1 Å². The van der Waals surface area contributed by atoms with Gasteiger partial charge in [-0.2, -0.15) is 0 Å². The van der Waals surface area contributed by atoms with Gasteiger partial charge in [-0.3, -0.25) is 0 Å². The molecule has 72 valence electrons. The quantitative estimate of drug-likeness (QED) is 0.878. The van der Waals surface area contributed by atoms with Gasteiger partial charge in [-0.25, -0.2) is 13.0 Å². The first-order valence-electron chi connectivity index (χ1n) is 3.25. The molecule has 1 rings (SSSR count). The van der Waals surface area contributed by atoms with Crippen molar-refractivity contribution in [2.24, 2.45) is 0 Å². The molecule has 1 aromatic rings. The number of hydrogen-bond acceptors (Lipinski definition) is 1. The van der Waals surface area contributed by atoms with E-state index in [-0.39, 0.29) is 5.69 Å². The summed E-state index contributed by atoms with van der Waals surface area (Å²) >= 11 is 2.93. The normalized spacial score (nSPS) is 12.6. The Morgan fingerprint density at radius 2 is 1.85 bits per heavy atom. The minimum absolute atomic E-state index is 0.301. The van der Waals surface area contributed by atoms with E-state index in [4.69, 9.17) is 0 Å². The summed E-state index contributed by atoms with van der Waals surface area (Å²) in [5.74, 6) is -1.55. The van der Waals surface area contributed by atoms with Crippen molar-refractivity contribution in [3.63, 3.8) is 0 Å². The Balaban J connectivity index is 3.13. The van der Waals surface area contributed by atoms with E-state index in [0.29, 0.717) is 4.47 Å². The van der Waals surface area contributed by atoms with E-state index < -0.39 is 22.6 Å². The molecular formula is C7H6BrF2NOS. The average Bonchev–Trinajstić information content (AvgIpc) is 1.96. The number of nitrogens with one attached hydrogen (secondary N) is 1. The standard InChI is InChI=1S/C7H6BrF2NOS/c1-13(12)11-7-5(9)2-4(8)3-6(7)10/h2-3,11H,1H3. The van der Waals surface area contributed by atoms with Crippen molar-refractivity contribution in [1.29, 1.82) is 0 Å². The van der Waals surface area contributed by atoms with Crippen LogP contribution in [0.1, 0.15) is 0 Å². The topological polar surface area (TPSA) is 29.1 Å². The predicted molar refractivity (Wildman–Crippen MR) is 51.7 cm³/mol. The van der Waals surface area contributed by atoms with Gasteiger partial charge in [0.2, 0.25) is 0 Å². The van der Waals surface area contributed by atoms with Crippen molar-refractivity contribution in [3.8, 4) is 0 Å². The molecule has 0 spiro atoms. The highest BCUT2D eigenvalue weighted by Gasteiger charge is 2.10. The van der Waals surface area contributed by atoms with Gasteiger partial charge in [0.25, 0.3) is 0 Å². The van der Waals surface area contributed by atoms with E-state index in [2.05, 4.69) is 20.7 Å². The Bertz CT molecular complexity index is 335. The van der Waals surface area contributed by atoms with Crippen LogP contribution in [0.4, 0.5) is 14.5 Å². The molecule has 0 aliphatic rings. The van der Waals surface area contributed by atoms with Crippen LogP contribution in [0.15, 0.2) is 16.6 Å². The maximum Gasteiger partial charge on any atom is 0.151 e. The van der Waals surface area contributed by atoms with Crippen molar-refractivity contribution in [2.75, 3.05) is 11.0 Å². The van der Waals surface area contributed by atoms with Crippen molar-refractivity contribution in [2.45, 2.75) is 0 Å². The lowest BCUT2D eigenvalue weighted by Crippen LogP contribution is -2.05. The minimum atomic E-state index is -1.49. The molecule has 1 atom stereocenters. The second-order valence-electron chi connectivity index (χ2n) is 2.30. The number of hydrogen-bond donors (Lipinski definition) is 1. The van der Waals surface area contributed by atoms with E-state index >= 15 is 0 Å². The maximum atomic E-state index is 13.0. The van der Waals surface area contributed by atoms with Crippen LogP contribution in [-0.2, 0) is 11.0 Å². The van der Waals surface area contributed by atoms with Crippen molar-refractivity contribution in [1.82, 2.24) is 0 Å². The van der Waals surface area contributed by atoms with Crippen LogP contribution in [0.3, 0.4) is 0 Å². The molecule has 0 saturated carbocycles. The highest BCUT2D eigenvalue weighted by Crippen LogP contribution is 2.23. The molecule has 0 bridgehead atoms. The second kappa shape index (κ2) is 4.15. The summed E-state index contributed by atoms with van der Waals surface area (Å²) in [5.41, 5.74) is -0.371. The summed E-state index contributed by atoms with van der Waals surface area (Å²) in [4.78, 5) is 0. The van der Waals surface area contributed by atoms with Gasteiger partial charge in [-0.05, 0) is 12.1 Å². The largest absolute Gasteiger partial charge is 0.300 e. The van der Waals surface area contributed by atoms with Crippen LogP contribution in [0.25, 0.3) is 0 Å². The van der Waals surface area contributed by atoms with Crippen molar-refractivity contribution < 1.29 is 13.0 Å². The molecule has 1 unspecified atom stereocenters. The van der Waals surface area contributed by atoms with Gasteiger partial charge in [0.05, 0.1) is 0 Å². The summed E-state index contributed by atoms with van der Waals surface area (Å²) in [5, 5.41) is 0. The SMILES string of the molecule is CS(=O)Nc1c(F)cc(Br)cc1F. The molecule has 0 radical (unpaired) electrons. The molecule has 0 aliphatic heterocycles. The van der Waals surface area contributed by atoms with Crippen LogP contribution in [-0.4, -0.2) is 10.5 Å². The first-order chi connectivity index (χ1) is 6.00. The molecule has 2 nitrogen and oxygen atoms in total. The molecule has 0 heterocycles. The molecule has 0 amide bonds. The summed E-state index contributed by atoms with van der Waals surface area (Å²) in [6, 6.07) is 2.19. The van der Waals surface area contributed by atoms with Crippen LogP contribution < -0.4 is 4.72 Å². The molecule has 0 fully saturated rings. The zero-order valence-corrected chi connectivity index (χ0v) is 9.01. The monoisotopic (exact) mass is 269 g/mol. The summed E-state index contributed by atoms with van der Waals surface area (Å²) in [7, 11) is -1.49. The zero-order valence-electron chi connectivity index (χ0n) is 6.61. The van der Waals surface area contributed by atoms with E-state index in [1.165, 1.54) is 6.26 Å². The third kappa shape index (κ3) is 2.73. The lowest BCUT2D eigenvalue weighted by atomic mass is 10.3. The molecule has 0 saturated heterocycles. The molecule has 0 aliphatic carbocycles. The fraction of sp³-hybridized carbons (Fsp3) is 0.143. The van der Waals surface area contributed by atoms with Crippen LogP contribution in [0, 0.1) is 11.6 Å². The second-order valence-corrected chi connectivity index (χ2v) is 4.33. The zero-order chi connectivity index (χ0) is 10.0. The summed E-state index contributed by atoms with van der Waals surface area (Å²) in [6.07, 6.45) is 1.29. The van der Waals surface area contributed by atoms with Gasteiger partial charge < -0.3 is 4.72 Å². The molecular weight excluding hydrogens is 264 g/mol. The van der Waals surface area contributed by atoms with E-state index in [1.54, 1.807) is 0 Å². The maximum absolute atomic E-state index is 13.0. The van der Waals surface area contributed by atoms with E-state index in [0.717, 1.165) is 12.1 Å². The van der Waals surface area contributed by atoms with Crippen LogP contribution in [0.2, 0.25) is 0 Å². The number of rotatable bonds is 2. The molecule has 1 aromatic carbocycles. The van der Waals surface area contributed by atoms with Crippen molar-refractivity contribution >= 4 is 32.6 Å². The molecule has 6 heteroatoms. The highest BCUT2D eigenvalue weighted by atomic mass is 79.9. The Kier molecular flexibility index (Phi) is 3.38. The fourth-order valence-corrected chi connectivity index (χ4v) is 1.67. The van der Waals surface area contributed by atoms with Gasteiger partial charge in [-0.1, -0.05) is 15.9 Å². The smallest absolute Gasteiger partial charge is 0.151 e. The van der Waals surface area contributed by atoms with E-state index in [1.807, 2.05) is 0 Å². The van der Waals surface area contributed by atoms with Gasteiger partial charge in [-0.15, -0.1) is 0 Å². The molecule has 13 heavy (non-hydrogen) atoms. The third-order valence-electron chi connectivity index (χ3n) is 1.25. The van der Waals surface area contributed by atoms with Crippen LogP contribution >= 0.6 is 15.9 Å². The fourth-order valence-electron chi connectivity index (χ4n) is 0.783. The number of halogens is 3. The Morgan fingerprint density at radius 3 is 2.23 bits per heavy atom. The minimum Gasteiger partial charge on any atom is -0.300 e. The first kappa shape index (κ1) is 10.6. The van der Waals surface area contributed by atoms with Gasteiger partial charge >= 0.3 is 0 Å². The van der Waals surface area contributed by atoms with Gasteiger partial charge in [0, 0.05) is 10.7 Å². The number of benzene rings is 1. The van der Waals surface area contributed by atoms with E-state index in [9.17, 15) is 13.0 Å². The van der Waals surface area contributed by atoms with Gasteiger partial charge in [0.1, 0.15) is 16.7 Å². The summed E-state index contributed by atoms with van der Waals surface area (Å²) < 4.78 is 39.1. The van der Waals surface area contributed by atoms with Gasteiger partial charge in [0.15, 0.2) is 11.6 Å². The molecule has 1 N–H and O–H groups in total. The predicted octanol–water partition coefficient (Wildman–Crippen LogP) is 2.43. The Morgan fingerprint density at radius 1 is 1.38 bits per heavy atom. The number of anilines is 1. The Hall–Kier alpha value is -0.490. The molecule has 0 aromatic heterocycles. The summed E-state index contributed by atoms with van der Waals surface area (Å²) in [6.45, 7) is 0. The van der Waals surface area contributed by atoms with Crippen molar-refractivity contribution in [3.05, 3.63) is 28.2 Å². The van der Waals surface area contributed by atoms with Crippen LogP contribution in [0.5, 0.6) is 0 Å².